The van der Waals surface area contributed by atoms with Gasteiger partial charge in [-0.1, -0.05) is 56.3 Å². The normalized spacial score (nSPS) is 15.1. The van der Waals surface area contributed by atoms with E-state index in [0.29, 0.717) is 37.8 Å². The largest absolute Gasteiger partial charge is 0.481 e. The molecule has 1 atom stereocenters. The van der Waals surface area contributed by atoms with Crippen LogP contribution in [0.1, 0.15) is 37.8 Å². The van der Waals surface area contributed by atoms with Crippen LogP contribution in [-0.2, 0) is 16.1 Å². The van der Waals surface area contributed by atoms with E-state index in [9.17, 15) is 9.59 Å². The van der Waals surface area contributed by atoms with Gasteiger partial charge in [0, 0.05) is 26.2 Å². The number of amides is 2. The molecule has 0 radical (unpaired) electrons. The molecule has 2 amide bonds. The van der Waals surface area contributed by atoms with Crippen molar-refractivity contribution in [3.05, 3.63) is 65.7 Å². The third-order valence-corrected chi connectivity index (χ3v) is 5.26. The standard InChI is InChI=1S/C24H30N2O4/c1-18(2)21-9-11-22(12-10-21)30-19(3)23(27)25-13-15-26(16-14-25)24(28)29-17-20-7-5-4-6-8-20/h4-12,18-19H,13-17H2,1-3H3. The quantitative estimate of drug-likeness (QED) is 0.721. The van der Waals surface area contributed by atoms with E-state index in [4.69, 9.17) is 9.47 Å². The van der Waals surface area contributed by atoms with Crippen LogP contribution in [0.3, 0.4) is 0 Å². The molecular weight excluding hydrogens is 380 g/mol. The third kappa shape index (κ3) is 5.75. The molecule has 6 heteroatoms. The van der Waals surface area contributed by atoms with Crippen molar-refractivity contribution in [2.75, 3.05) is 26.2 Å². The van der Waals surface area contributed by atoms with Crippen molar-refractivity contribution in [3.63, 3.8) is 0 Å². The Hall–Kier alpha value is -3.02. The van der Waals surface area contributed by atoms with Crippen LogP contribution in [-0.4, -0.2) is 54.1 Å². The molecule has 1 heterocycles. The van der Waals surface area contributed by atoms with Crippen LogP contribution in [0.4, 0.5) is 4.79 Å². The molecule has 1 saturated heterocycles. The minimum absolute atomic E-state index is 0.0692. The highest BCUT2D eigenvalue weighted by atomic mass is 16.6. The lowest BCUT2D eigenvalue weighted by Crippen LogP contribution is -2.53. The maximum absolute atomic E-state index is 12.7. The summed E-state index contributed by atoms with van der Waals surface area (Å²) in [4.78, 5) is 28.4. The Balaban J connectivity index is 1.44. The molecule has 0 aromatic heterocycles. The molecule has 6 nitrogen and oxygen atoms in total. The van der Waals surface area contributed by atoms with E-state index in [1.807, 2.05) is 54.6 Å². The van der Waals surface area contributed by atoms with Crippen molar-refractivity contribution in [3.8, 4) is 5.75 Å². The molecule has 1 aliphatic rings. The first kappa shape index (κ1) is 21.7. The topological polar surface area (TPSA) is 59.1 Å². The van der Waals surface area contributed by atoms with Gasteiger partial charge in [-0.05, 0) is 36.1 Å². The molecule has 0 N–H and O–H groups in total. The van der Waals surface area contributed by atoms with Gasteiger partial charge in [0.05, 0.1) is 0 Å². The van der Waals surface area contributed by atoms with Gasteiger partial charge in [-0.15, -0.1) is 0 Å². The second-order valence-corrected chi connectivity index (χ2v) is 7.84. The van der Waals surface area contributed by atoms with Gasteiger partial charge in [0.2, 0.25) is 0 Å². The first-order valence-corrected chi connectivity index (χ1v) is 10.4. The van der Waals surface area contributed by atoms with Crippen molar-refractivity contribution in [2.24, 2.45) is 0 Å². The highest BCUT2D eigenvalue weighted by molar-refractivity contribution is 5.81. The molecule has 1 aliphatic heterocycles. The highest BCUT2D eigenvalue weighted by Crippen LogP contribution is 2.20. The van der Waals surface area contributed by atoms with Crippen molar-refractivity contribution in [1.82, 2.24) is 9.80 Å². The van der Waals surface area contributed by atoms with E-state index < -0.39 is 6.10 Å². The highest BCUT2D eigenvalue weighted by Gasteiger charge is 2.28. The number of carbonyl (C=O) groups excluding carboxylic acids is 2. The summed E-state index contributed by atoms with van der Waals surface area (Å²) in [5.41, 5.74) is 2.18. The molecule has 0 saturated carbocycles. The zero-order valence-electron chi connectivity index (χ0n) is 17.9. The fraction of sp³-hybridized carbons (Fsp3) is 0.417. The Morgan fingerprint density at radius 3 is 2.07 bits per heavy atom. The van der Waals surface area contributed by atoms with Gasteiger partial charge in [0.1, 0.15) is 12.4 Å². The number of piperazine rings is 1. The molecular formula is C24H30N2O4. The Morgan fingerprint density at radius 2 is 1.47 bits per heavy atom. The summed E-state index contributed by atoms with van der Waals surface area (Å²) >= 11 is 0. The van der Waals surface area contributed by atoms with Crippen molar-refractivity contribution in [2.45, 2.75) is 39.4 Å². The van der Waals surface area contributed by atoms with E-state index >= 15 is 0 Å². The zero-order chi connectivity index (χ0) is 21.5. The number of hydrogen-bond donors (Lipinski definition) is 0. The van der Waals surface area contributed by atoms with Gasteiger partial charge in [-0.3, -0.25) is 4.79 Å². The molecule has 160 valence electrons. The minimum atomic E-state index is -0.577. The summed E-state index contributed by atoms with van der Waals surface area (Å²) in [6.45, 7) is 8.14. The Bertz CT molecular complexity index is 828. The average molecular weight is 411 g/mol. The number of benzene rings is 2. The van der Waals surface area contributed by atoms with Gasteiger partial charge in [0.15, 0.2) is 6.10 Å². The van der Waals surface area contributed by atoms with Crippen LogP contribution in [0.25, 0.3) is 0 Å². The number of rotatable bonds is 6. The average Bonchev–Trinajstić information content (AvgIpc) is 2.78. The van der Waals surface area contributed by atoms with Gasteiger partial charge >= 0.3 is 6.09 Å². The predicted molar refractivity (Wildman–Crippen MR) is 115 cm³/mol. The summed E-state index contributed by atoms with van der Waals surface area (Å²) in [5, 5.41) is 0. The minimum Gasteiger partial charge on any atom is -0.481 e. The molecule has 2 aromatic rings. The van der Waals surface area contributed by atoms with Crippen LogP contribution >= 0.6 is 0 Å². The first-order valence-electron chi connectivity index (χ1n) is 10.4. The van der Waals surface area contributed by atoms with Gasteiger partial charge in [-0.2, -0.15) is 0 Å². The molecule has 2 aromatic carbocycles. The summed E-state index contributed by atoms with van der Waals surface area (Å²) in [7, 11) is 0. The number of nitrogens with zero attached hydrogens (tertiary/aromatic N) is 2. The van der Waals surface area contributed by atoms with Gasteiger partial charge in [0.25, 0.3) is 5.91 Å². The molecule has 3 rings (SSSR count). The number of hydrogen-bond acceptors (Lipinski definition) is 4. The monoisotopic (exact) mass is 410 g/mol. The van der Waals surface area contributed by atoms with Gasteiger partial charge < -0.3 is 19.3 Å². The fourth-order valence-corrected chi connectivity index (χ4v) is 3.36. The van der Waals surface area contributed by atoms with Crippen LogP contribution in [0.2, 0.25) is 0 Å². The zero-order valence-corrected chi connectivity index (χ0v) is 17.9. The molecule has 1 unspecified atom stereocenters. The van der Waals surface area contributed by atoms with Crippen molar-refractivity contribution < 1.29 is 19.1 Å². The second kappa shape index (κ2) is 10.1. The molecule has 0 bridgehead atoms. The van der Waals surface area contributed by atoms with Crippen molar-refractivity contribution in [1.29, 1.82) is 0 Å². The van der Waals surface area contributed by atoms with E-state index in [-0.39, 0.29) is 18.6 Å². The lowest BCUT2D eigenvalue weighted by Gasteiger charge is -2.35. The molecule has 0 spiro atoms. The van der Waals surface area contributed by atoms with Crippen LogP contribution in [0, 0.1) is 0 Å². The number of ether oxygens (including phenoxy) is 2. The van der Waals surface area contributed by atoms with E-state index in [1.165, 1.54) is 5.56 Å². The molecule has 30 heavy (non-hydrogen) atoms. The lowest BCUT2D eigenvalue weighted by molar-refractivity contribution is -0.139. The van der Waals surface area contributed by atoms with Crippen LogP contribution < -0.4 is 4.74 Å². The van der Waals surface area contributed by atoms with Crippen LogP contribution in [0.15, 0.2) is 54.6 Å². The number of carbonyl (C=O) groups is 2. The van der Waals surface area contributed by atoms with E-state index in [0.717, 1.165) is 5.56 Å². The molecule has 0 aliphatic carbocycles. The summed E-state index contributed by atoms with van der Waals surface area (Å²) in [6, 6.07) is 17.4. The summed E-state index contributed by atoms with van der Waals surface area (Å²) in [5.74, 6) is 1.07. The van der Waals surface area contributed by atoms with E-state index in [1.54, 1.807) is 16.7 Å². The van der Waals surface area contributed by atoms with Crippen LogP contribution in [0.5, 0.6) is 5.75 Å². The second-order valence-electron chi connectivity index (χ2n) is 7.84. The lowest BCUT2D eigenvalue weighted by atomic mass is 10.0. The Morgan fingerprint density at radius 1 is 0.867 bits per heavy atom. The third-order valence-electron chi connectivity index (χ3n) is 5.26. The van der Waals surface area contributed by atoms with E-state index in [2.05, 4.69) is 13.8 Å². The Labute approximate surface area is 178 Å². The maximum Gasteiger partial charge on any atom is 0.410 e. The maximum atomic E-state index is 12.7. The summed E-state index contributed by atoms with van der Waals surface area (Å²) < 4.78 is 11.2. The first-order chi connectivity index (χ1) is 14.4. The molecule has 1 fully saturated rings. The van der Waals surface area contributed by atoms with Gasteiger partial charge in [-0.25, -0.2) is 4.79 Å². The summed E-state index contributed by atoms with van der Waals surface area (Å²) in [6.07, 6.45) is -0.924. The smallest absolute Gasteiger partial charge is 0.410 e. The fourth-order valence-electron chi connectivity index (χ4n) is 3.36. The predicted octanol–water partition coefficient (Wildman–Crippen LogP) is 4.06. The van der Waals surface area contributed by atoms with Crippen molar-refractivity contribution >= 4 is 12.0 Å². The SMILES string of the molecule is CC(Oc1ccc(C(C)C)cc1)C(=O)N1CCN(C(=O)OCc2ccccc2)CC1. The Kier molecular flexibility index (Phi) is 7.33.